The molecule has 1 N–H and O–H groups in total. The van der Waals surface area contributed by atoms with Gasteiger partial charge in [0.15, 0.2) is 0 Å². The second kappa shape index (κ2) is 13.2. The highest BCUT2D eigenvalue weighted by molar-refractivity contribution is 7.92. The van der Waals surface area contributed by atoms with E-state index in [1.54, 1.807) is 50.2 Å². The number of amides is 2. The molecule has 0 aromatic heterocycles. The smallest absolute Gasteiger partial charge is 0.355 e. The largest absolute Gasteiger partial charge is 0.416 e. The second-order valence-electron chi connectivity index (χ2n) is 8.81. The first-order valence-electron chi connectivity index (χ1n) is 12.5. The van der Waals surface area contributed by atoms with Crippen LogP contribution in [0.3, 0.4) is 0 Å². The molecule has 0 radical (unpaired) electrons. The molecule has 1 atom stereocenters. The number of carbonyl (C=O) groups is 2. The topological polar surface area (TPSA) is 86.8 Å². The van der Waals surface area contributed by atoms with Gasteiger partial charge in [-0.15, -0.1) is 0 Å². The van der Waals surface area contributed by atoms with Gasteiger partial charge in [-0.25, -0.2) is 8.42 Å². The fourth-order valence-electron chi connectivity index (χ4n) is 4.10. The summed E-state index contributed by atoms with van der Waals surface area (Å²) in [5.41, 5.74) is -0.977. The average molecular weight is 596 g/mol. The molecule has 12 heteroatoms. The summed E-state index contributed by atoms with van der Waals surface area (Å²) in [5.74, 6) is -1.24. The number of carbonyl (C=O) groups excluding carboxylic acids is 2. The Kier molecular flexibility index (Phi) is 10.2. The third-order valence-corrected chi connectivity index (χ3v) is 8.18. The van der Waals surface area contributed by atoms with Crippen LogP contribution < -0.4 is 9.62 Å². The third kappa shape index (κ3) is 7.33. The number of hydrogen-bond acceptors (Lipinski definition) is 4. The van der Waals surface area contributed by atoms with Crippen LogP contribution >= 0.6 is 11.6 Å². The van der Waals surface area contributed by atoms with Gasteiger partial charge in [0.05, 0.1) is 21.2 Å². The summed E-state index contributed by atoms with van der Waals surface area (Å²) in [7, 11) is -4.57. The van der Waals surface area contributed by atoms with Crippen LogP contribution in [0.4, 0.5) is 18.9 Å². The Hall–Kier alpha value is -3.57. The molecule has 3 aromatic rings. The fraction of sp³-hybridized carbons (Fsp3) is 0.286. The molecule has 3 aromatic carbocycles. The molecule has 0 unspecified atom stereocenters. The van der Waals surface area contributed by atoms with E-state index >= 15 is 0 Å². The van der Waals surface area contributed by atoms with Gasteiger partial charge in [-0.2, -0.15) is 13.2 Å². The molecule has 0 heterocycles. The maximum Gasteiger partial charge on any atom is 0.416 e. The third-order valence-electron chi connectivity index (χ3n) is 6.08. The van der Waals surface area contributed by atoms with Crippen molar-refractivity contribution in [2.45, 2.75) is 43.9 Å². The summed E-state index contributed by atoms with van der Waals surface area (Å²) >= 11 is 6.25. The van der Waals surface area contributed by atoms with Gasteiger partial charge >= 0.3 is 6.18 Å². The number of hydrogen-bond donors (Lipinski definition) is 1. The number of anilines is 1. The average Bonchev–Trinajstić information content (AvgIpc) is 2.92. The Morgan fingerprint density at radius 3 is 2.10 bits per heavy atom. The molecule has 0 saturated carbocycles. The number of nitrogens with zero attached hydrogens (tertiary/aromatic N) is 2. The van der Waals surface area contributed by atoms with Crippen molar-refractivity contribution >= 4 is 39.1 Å². The standard InChI is InChI=1S/C28H29ClF3N3O4S/c1-3-24(27(37)33-4-2)34(18-20-11-7-5-8-12-20)26(36)19-35(40(38,39)22-13-9-6-10-14-22)25-17-21(28(30,31)32)15-16-23(25)29/h5-17,24H,3-4,18-19H2,1-2H3,(H,33,37)/t24-/m1/s1. The molecule has 0 spiro atoms. The molecule has 0 saturated heterocycles. The number of alkyl halides is 3. The quantitative estimate of drug-likeness (QED) is 0.317. The maximum absolute atomic E-state index is 13.9. The van der Waals surface area contributed by atoms with E-state index in [0.29, 0.717) is 22.5 Å². The van der Waals surface area contributed by atoms with E-state index in [9.17, 15) is 31.2 Å². The molecule has 7 nitrogen and oxygen atoms in total. The number of rotatable bonds is 11. The van der Waals surface area contributed by atoms with Crippen molar-refractivity contribution in [3.8, 4) is 0 Å². The second-order valence-corrected chi connectivity index (χ2v) is 11.1. The van der Waals surface area contributed by atoms with E-state index in [0.717, 1.165) is 12.1 Å². The molecule has 0 fully saturated rings. The Morgan fingerprint density at radius 2 is 1.55 bits per heavy atom. The van der Waals surface area contributed by atoms with E-state index < -0.39 is 51.9 Å². The Morgan fingerprint density at radius 1 is 0.950 bits per heavy atom. The molecule has 3 rings (SSSR count). The minimum atomic E-state index is -4.80. The van der Waals surface area contributed by atoms with E-state index in [2.05, 4.69) is 5.32 Å². The van der Waals surface area contributed by atoms with Crippen LogP contribution in [0, 0.1) is 0 Å². The summed E-state index contributed by atoms with van der Waals surface area (Å²) in [6.07, 6.45) is -4.59. The first-order chi connectivity index (χ1) is 18.9. The van der Waals surface area contributed by atoms with Crippen molar-refractivity contribution in [3.05, 3.63) is 95.0 Å². The van der Waals surface area contributed by atoms with Crippen molar-refractivity contribution in [3.63, 3.8) is 0 Å². The van der Waals surface area contributed by atoms with Crippen LogP contribution in [0.5, 0.6) is 0 Å². The normalized spacial score (nSPS) is 12.4. The number of nitrogens with one attached hydrogen (secondary N) is 1. The number of likely N-dealkylation sites (N-methyl/N-ethyl adjacent to an activating group) is 1. The van der Waals surface area contributed by atoms with Crippen LogP contribution in [0.25, 0.3) is 0 Å². The van der Waals surface area contributed by atoms with Crippen molar-refractivity contribution in [2.75, 3.05) is 17.4 Å². The SMILES string of the molecule is CCNC(=O)[C@@H](CC)N(Cc1ccccc1)C(=O)CN(c1cc(C(F)(F)F)ccc1Cl)S(=O)(=O)c1ccccc1. The lowest BCUT2D eigenvalue weighted by Gasteiger charge is -2.33. The van der Waals surface area contributed by atoms with Crippen LogP contribution in [-0.4, -0.2) is 44.3 Å². The van der Waals surface area contributed by atoms with E-state index in [-0.39, 0.29) is 22.9 Å². The highest BCUT2D eigenvalue weighted by Crippen LogP contribution is 2.37. The van der Waals surface area contributed by atoms with Crippen LogP contribution in [0.1, 0.15) is 31.4 Å². The van der Waals surface area contributed by atoms with Gasteiger partial charge in [0.2, 0.25) is 11.8 Å². The van der Waals surface area contributed by atoms with Gasteiger partial charge in [-0.3, -0.25) is 13.9 Å². The highest BCUT2D eigenvalue weighted by Gasteiger charge is 2.36. The number of benzene rings is 3. The summed E-state index contributed by atoms with van der Waals surface area (Å²) in [4.78, 5) is 27.8. The van der Waals surface area contributed by atoms with Crippen LogP contribution in [0.15, 0.2) is 83.8 Å². The monoisotopic (exact) mass is 595 g/mol. The minimum Gasteiger partial charge on any atom is -0.355 e. The molecule has 214 valence electrons. The predicted octanol–water partition coefficient (Wildman–Crippen LogP) is 5.50. The van der Waals surface area contributed by atoms with Gasteiger partial charge < -0.3 is 10.2 Å². The molecule has 0 aliphatic rings. The van der Waals surface area contributed by atoms with Crippen molar-refractivity contribution < 1.29 is 31.2 Å². The van der Waals surface area contributed by atoms with E-state index in [1.165, 1.54) is 29.2 Å². The number of sulfonamides is 1. The molecular formula is C28H29ClF3N3O4S. The minimum absolute atomic E-state index is 0.0368. The summed E-state index contributed by atoms with van der Waals surface area (Å²) in [5, 5.41) is 2.38. The van der Waals surface area contributed by atoms with Gasteiger partial charge in [-0.05, 0) is 49.2 Å². The van der Waals surface area contributed by atoms with E-state index in [4.69, 9.17) is 11.6 Å². The van der Waals surface area contributed by atoms with Gasteiger partial charge in [0, 0.05) is 13.1 Å². The highest BCUT2D eigenvalue weighted by atomic mass is 35.5. The zero-order valence-electron chi connectivity index (χ0n) is 21.9. The first kappa shape index (κ1) is 31.0. The first-order valence-corrected chi connectivity index (χ1v) is 14.3. The van der Waals surface area contributed by atoms with Gasteiger partial charge in [0.1, 0.15) is 12.6 Å². The Labute approximate surface area is 236 Å². The Balaban J connectivity index is 2.14. The predicted molar refractivity (Wildman–Crippen MR) is 147 cm³/mol. The van der Waals surface area contributed by atoms with Crippen molar-refractivity contribution in [2.24, 2.45) is 0 Å². The Bertz CT molecular complexity index is 1420. The zero-order valence-corrected chi connectivity index (χ0v) is 23.4. The molecule has 40 heavy (non-hydrogen) atoms. The van der Waals surface area contributed by atoms with Crippen molar-refractivity contribution in [1.82, 2.24) is 10.2 Å². The molecular weight excluding hydrogens is 567 g/mol. The molecule has 0 aliphatic heterocycles. The lowest BCUT2D eigenvalue weighted by molar-refractivity contribution is -0.140. The van der Waals surface area contributed by atoms with Gasteiger partial charge in [0.25, 0.3) is 10.0 Å². The summed E-state index contributed by atoms with van der Waals surface area (Å²) < 4.78 is 68.9. The molecule has 0 bridgehead atoms. The van der Waals surface area contributed by atoms with Crippen LogP contribution in [-0.2, 0) is 32.3 Å². The summed E-state index contributed by atoms with van der Waals surface area (Å²) in [6, 6.07) is 17.1. The summed E-state index contributed by atoms with van der Waals surface area (Å²) in [6.45, 7) is 2.79. The lowest BCUT2D eigenvalue weighted by Crippen LogP contribution is -2.52. The van der Waals surface area contributed by atoms with Crippen molar-refractivity contribution in [1.29, 1.82) is 0 Å². The van der Waals surface area contributed by atoms with E-state index in [1.807, 2.05) is 0 Å². The molecule has 0 aliphatic carbocycles. The molecule has 2 amide bonds. The zero-order chi connectivity index (χ0) is 29.5. The number of halogens is 4. The maximum atomic E-state index is 13.9. The fourth-order valence-corrected chi connectivity index (χ4v) is 5.82. The van der Waals surface area contributed by atoms with Crippen LogP contribution in [0.2, 0.25) is 5.02 Å². The van der Waals surface area contributed by atoms with Gasteiger partial charge in [-0.1, -0.05) is 67.1 Å². The lowest BCUT2D eigenvalue weighted by atomic mass is 10.1.